The highest BCUT2D eigenvalue weighted by Gasteiger charge is 2.12. The van der Waals surface area contributed by atoms with E-state index in [1.165, 1.54) is 18.0 Å². The number of nitrogens with zero attached hydrogens (tertiary/aromatic N) is 1. The topological polar surface area (TPSA) is 32.3 Å². The zero-order chi connectivity index (χ0) is 16.1. The van der Waals surface area contributed by atoms with Crippen molar-refractivity contribution in [2.24, 2.45) is 0 Å². The molecule has 0 atom stereocenters. The van der Waals surface area contributed by atoms with Crippen molar-refractivity contribution in [2.45, 2.75) is 13.1 Å². The first-order valence-electron chi connectivity index (χ1n) is 6.63. The molecule has 116 valence electrons. The molecule has 2 aromatic carbocycles. The zero-order valence-electron chi connectivity index (χ0n) is 11.9. The van der Waals surface area contributed by atoms with Gasteiger partial charge < -0.3 is 10.2 Å². The van der Waals surface area contributed by atoms with E-state index in [1.807, 2.05) is 6.07 Å². The number of nitrogens with one attached hydrogen (secondary N) is 1. The molecule has 0 aromatic heterocycles. The predicted molar refractivity (Wildman–Crippen MR) is 81.5 cm³/mol. The maximum absolute atomic E-state index is 13.6. The minimum atomic E-state index is -0.672. The number of hydrogen-bond donors (Lipinski definition) is 1. The van der Waals surface area contributed by atoms with Gasteiger partial charge >= 0.3 is 6.03 Å². The fourth-order valence-electron chi connectivity index (χ4n) is 1.94. The third-order valence-electron chi connectivity index (χ3n) is 3.10. The molecule has 6 heteroatoms. The lowest BCUT2D eigenvalue weighted by Crippen LogP contribution is -2.36. The van der Waals surface area contributed by atoms with Crippen molar-refractivity contribution in [3.63, 3.8) is 0 Å². The number of carbonyl (C=O) groups is 1. The van der Waals surface area contributed by atoms with Gasteiger partial charge in [-0.1, -0.05) is 29.8 Å². The SMILES string of the molecule is CN(Cc1ccc(F)cc1F)C(=O)NCc1cccc(Cl)c1. The number of rotatable bonds is 4. The van der Waals surface area contributed by atoms with E-state index in [0.717, 1.165) is 17.7 Å². The zero-order valence-corrected chi connectivity index (χ0v) is 12.7. The molecule has 0 heterocycles. The first-order valence-corrected chi connectivity index (χ1v) is 7.01. The number of amides is 2. The Labute approximate surface area is 132 Å². The average Bonchev–Trinajstić information content (AvgIpc) is 2.47. The Morgan fingerprint density at radius 2 is 2.00 bits per heavy atom. The van der Waals surface area contributed by atoms with Gasteiger partial charge in [0.25, 0.3) is 0 Å². The third-order valence-corrected chi connectivity index (χ3v) is 3.34. The van der Waals surface area contributed by atoms with E-state index < -0.39 is 11.6 Å². The van der Waals surface area contributed by atoms with Gasteiger partial charge in [0, 0.05) is 36.8 Å². The molecule has 3 nitrogen and oxygen atoms in total. The molecule has 0 aliphatic heterocycles. The molecular formula is C16H15ClF2N2O. The van der Waals surface area contributed by atoms with E-state index in [0.29, 0.717) is 11.6 Å². The van der Waals surface area contributed by atoms with Crippen molar-refractivity contribution < 1.29 is 13.6 Å². The minimum Gasteiger partial charge on any atom is -0.334 e. The van der Waals surface area contributed by atoms with Crippen LogP contribution >= 0.6 is 11.6 Å². The minimum absolute atomic E-state index is 0.0491. The largest absolute Gasteiger partial charge is 0.334 e. The maximum Gasteiger partial charge on any atom is 0.317 e. The van der Waals surface area contributed by atoms with Gasteiger partial charge in [-0.15, -0.1) is 0 Å². The van der Waals surface area contributed by atoms with Gasteiger partial charge in [0.2, 0.25) is 0 Å². The third kappa shape index (κ3) is 4.43. The van der Waals surface area contributed by atoms with E-state index in [4.69, 9.17) is 11.6 Å². The second-order valence-corrected chi connectivity index (χ2v) is 5.32. The molecule has 0 unspecified atom stereocenters. The molecule has 0 radical (unpaired) electrons. The van der Waals surface area contributed by atoms with Gasteiger partial charge in [0.1, 0.15) is 11.6 Å². The molecule has 2 rings (SSSR count). The van der Waals surface area contributed by atoms with Crippen molar-refractivity contribution in [1.29, 1.82) is 0 Å². The van der Waals surface area contributed by atoms with Crippen LogP contribution in [0.5, 0.6) is 0 Å². The van der Waals surface area contributed by atoms with Gasteiger partial charge in [-0.3, -0.25) is 0 Å². The van der Waals surface area contributed by atoms with Gasteiger partial charge in [0.05, 0.1) is 0 Å². The lowest BCUT2D eigenvalue weighted by Gasteiger charge is -2.18. The van der Waals surface area contributed by atoms with Crippen LogP contribution in [0.3, 0.4) is 0 Å². The molecule has 0 bridgehead atoms. The van der Waals surface area contributed by atoms with E-state index in [2.05, 4.69) is 5.32 Å². The van der Waals surface area contributed by atoms with Crippen molar-refractivity contribution in [3.05, 3.63) is 70.2 Å². The fraction of sp³-hybridized carbons (Fsp3) is 0.188. The smallest absolute Gasteiger partial charge is 0.317 e. The van der Waals surface area contributed by atoms with Crippen molar-refractivity contribution in [1.82, 2.24) is 10.2 Å². The summed E-state index contributed by atoms with van der Waals surface area (Å²) in [5, 5.41) is 3.30. The van der Waals surface area contributed by atoms with Crippen LogP contribution in [0.25, 0.3) is 0 Å². The number of hydrogen-bond acceptors (Lipinski definition) is 1. The summed E-state index contributed by atoms with van der Waals surface area (Å²) in [7, 11) is 1.54. The summed E-state index contributed by atoms with van der Waals surface area (Å²) in [6.45, 7) is 0.364. The summed E-state index contributed by atoms with van der Waals surface area (Å²) in [5.41, 5.74) is 1.11. The van der Waals surface area contributed by atoms with E-state index >= 15 is 0 Å². The fourth-order valence-corrected chi connectivity index (χ4v) is 2.15. The second kappa shape index (κ2) is 7.22. The Morgan fingerprint density at radius 3 is 2.68 bits per heavy atom. The summed E-state index contributed by atoms with van der Waals surface area (Å²) >= 11 is 5.86. The van der Waals surface area contributed by atoms with Crippen molar-refractivity contribution in [3.8, 4) is 0 Å². The van der Waals surface area contributed by atoms with E-state index in [-0.39, 0.29) is 18.1 Å². The van der Waals surface area contributed by atoms with Crippen LogP contribution in [0.15, 0.2) is 42.5 Å². The lowest BCUT2D eigenvalue weighted by atomic mass is 10.2. The van der Waals surface area contributed by atoms with Crippen LogP contribution in [0, 0.1) is 11.6 Å². The normalized spacial score (nSPS) is 10.4. The Balaban J connectivity index is 1.92. The van der Waals surface area contributed by atoms with Crippen molar-refractivity contribution in [2.75, 3.05) is 7.05 Å². The second-order valence-electron chi connectivity index (χ2n) is 4.88. The highest BCUT2D eigenvalue weighted by atomic mass is 35.5. The Hall–Kier alpha value is -2.14. The van der Waals surface area contributed by atoms with Crippen molar-refractivity contribution >= 4 is 17.6 Å². The molecule has 0 aliphatic carbocycles. The molecule has 22 heavy (non-hydrogen) atoms. The number of carbonyl (C=O) groups excluding carboxylic acids is 1. The number of urea groups is 1. The lowest BCUT2D eigenvalue weighted by molar-refractivity contribution is 0.206. The van der Waals surface area contributed by atoms with Crippen LogP contribution in [0.1, 0.15) is 11.1 Å². The average molecular weight is 325 g/mol. The summed E-state index contributed by atoms with van der Waals surface area (Å²) in [6, 6.07) is 10.1. The number of benzene rings is 2. The molecule has 1 N–H and O–H groups in total. The van der Waals surface area contributed by atoms with Gasteiger partial charge in [-0.05, 0) is 23.8 Å². The highest BCUT2D eigenvalue weighted by Crippen LogP contribution is 2.12. The van der Waals surface area contributed by atoms with Crippen LogP contribution in [0.4, 0.5) is 13.6 Å². The standard InChI is InChI=1S/C16H15ClF2N2O/c1-21(10-12-5-6-14(18)8-15(12)19)16(22)20-9-11-3-2-4-13(17)7-11/h2-8H,9-10H2,1H3,(H,20,22). The monoisotopic (exact) mass is 324 g/mol. The Bertz CT molecular complexity index is 679. The van der Waals surface area contributed by atoms with Gasteiger partial charge in [0.15, 0.2) is 0 Å². The predicted octanol–water partition coefficient (Wildman–Crippen LogP) is 3.96. The molecule has 0 fully saturated rings. The number of halogens is 3. The Morgan fingerprint density at radius 1 is 1.23 bits per heavy atom. The van der Waals surface area contributed by atoms with Crippen LogP contribution in [0.2, 0.25) is 5.02 Å². The molecule has 2 aromatic rings. The first kappa shape index (κ1) is 16.2. The summed E-state index contributed by atoms with van der Waals surface area (Å²) < 4.78 is 26.4. The summed E-state index contributed by atoms with van der Waals surface area (Å²) in [4.78, 5) is 13.3. The molecule has 0 saturated carbocycles. The van der Waals surface area contributed by atoms with E-state index in [1.54, 1.807) is 18.2 Å². The van der Waals surface area contributed by atoms with Crippen LogP contribution in [-0.2, 0) is 13.1 Å². The molecule has 2 amide bonds. The molecular weight excluding hydrogens is 310 g/mol. The first-order chi connectivity index (χ1) is 10.5. The molecule has 0 spiro atoms. The molecule has 0 aliphatic rings. The highest BCUT2D eigenvalue weighted by molar-refractivity contribution is 6.30. The van der Waals surface area contributed by atoms with Crippen LogP contribution < -0.4 is 5.32 Å². The van der Waals surface area contributed by atoms with E-state index in [9.17, 15) is 13.6 Å². The maximum atomic E-state index is 13.6. The quantitative estimate of drug-likeness (QED) is 0.907. The Kier molecular flexibility index (Phi) is 5.33. The summed E-state index contributed by atoms with van der Waals surface area (Å²) in [6.07, 6.45) is 0. The summed E-state index contributed by atoms with van der Waals surface area (Å²) in [5.74, 6) is -1.32. The van der Waals surface area contributed by atoms with Crippen LogP contribution in [-0.4, -0.2) is 18.0 Å². The van der Waals surface area contributed by atoms with Gasteiger partial charge in [-0.25, -0.2) is 13.6 Å². The molecule has 0 saturated heterocycles. The van der Waals surface area contributed by atoms with Gasteiger partial charge in [-0.2, -0.15) is 0 Å².